The molecule has 1 aliphatic carbocycles. The van der Waals surface area contributed by atoms with E-state index in [2.05, 4.69) is 18.7 Å². The lowest BCUT2D eigenvalue weighted by Gasteiger charge is -2.46. The van der Waals surface area contributed by atoms with Crippen molar-refractivity contribution in [2.24, 2.45) is 5.92 Å². The molecule has 0 N–H and O–H groups in total. The van der Waals surface area contributed by atoms with Gasteiger partial charge in [-0.15, -0.1) is 0 Å². The summed E-state index contributed by atoms with van der Waals surface area (Å²) in [4.78, 5) is 2.76. The molecule has 2 atom stereocenters. The molecule has 0 amide bonds. The highest BCUT2D eigenvalue weighted by atomic mass is 15.2. The third-order valence-electron chi connectivity index (χ3n) is 3.95. The molecule has 0 aromatic carbocycles. The number of hydrogen-bond donors (Lipinski definition) is 0. The van der Waals surface area contributed by atoms with E-state index in [4.69, 9.17) is 0 Å². The Kier molecular flexibility index (Phi) is 2.92. The molecule has 0 spiro atoms. The van der Waals surface area contributed by atoms with Crippen molar-refractivity contribution in [2.45, 2.75) is 64.5 Å². The first kappa shape index (κ1) is 9.51. The lowest BCUT2D eigenvalue weighted by molar-refractivity contribution is 0.0371. The minimum Gasteiger partial charge on any atom is -0.298 e. The van der Waals surface area contributed by atoms with Crippen molar-refractivity contribution in [1.82, 2.24) is 4.90 Å². The van der Waals surface area contributed by atoms with Crippen LogP contribution in [0.1, 0.15) is 52.4 Å². The highest BCUT2D eigenvalue weighted by Crippen LogP contribution is 2.35. The van der Waals surface area contributed by atoms with Crippen molar-refractivity contribution in [1.29, 1.82) is 0 Å². The Morgan fingerprint density at radius 2 is 1.69 bits per heavy atom. The van der Waals surface area contributed by atoms with E-state index in [0.29, 0.717) is 0 Å². The third kappa shape index (κ3) is 1.90. The summed E-state index contributed by atoms with van der Waals surface area (Å²) in [5.41, 5.74) is 0. The lowest BCUT2D eigenvalue weighted by atomic mass is 9.78. The molecule has 1 nitrogen and oxygen atoms in total. The summed E-state index contributed by atoms with van der Waals surface area (Å²) in [6, 6.07) is 1.72. The Hall–Kier alpha value is -0.0400. The first-order valence-corrected chi connectivity index (χ1v) is 6.05. The predicted octanol–water partition coefficient (Wildman–Crippen LogP) is 3.05. The Balaban J connectivity index is 2.02. The van der Waals surface area contributed by atoms with Crippen LogP contribution < -0.4 is 0 Å². The average molecular weight is 181 g/mol. The van der Waals surface area contributed by atoms with E-state index in [-0.39, 0.29) is 0 Å². The van der Waals surface area contributed by atoms with Crippen LogP contribution in [-0.4, -0.2) is 23.5 Å². The molecular weight excluding hydrogens is 158 g/mol. The second kappa shape index (κ2) is 4.00. The number of rotatable bonds is 1. The molecule has 0 radical (unpaired) electrons. The van der Waals surface area contributed by atoms with Crippen LogP contribution in [0.25, 0.3) is 0 Å². The topological polar surface area (TPSA) is 3.24 Å². The molecule has 1 aliphatic heterocycles. The summed E-state index contributed by atoms with van der Waals surface area (Å²) >= 11 is 0. The van der Waals surface area contributed by atoms with E-state index in [1.807, 2.05) is 0 Å². The molecule has 2 aliphatic rings. The summed E-state index contributed by atoms with van der Waals surface area (Å²) in [5.74, 6) is 1.05. The largest absolute Gasteiger partial charge is 0.298 e. The van der Waals surface area contributed by atoms with Crippen molar-refractivity contribution < 1.29 is 0 Å². The molecule has 2 fully saturated rings. The SMILES string of the molecule is CC(C)N1CCC[C@H]2CCCC[C@H]21. The van der Waals surface area contributed by atoms with Gasteiger partial charge in [-0.3, -0.25) is 4.90 Å². The number of hydrogen-bond acceptors (Lipinski definition) is 1. The maximum atomic E-state index is 2.76. The summed E-state index contributed by atoms with van der Waals surface area (Å²) in [7, 11) is 0. The highest BCUT2D eigenvalue weighted by molar-refractivity contribution is 4.88. The maximum absolute atomic E-state index is 2.76. The van der Waals surface area contributed by atoms with Crippen LogP contribution in [0.15, 0.2) is 0 Å². The Labute approximate surface area is 82.5 Å². The van der Waals surface area contributed by atoms with E-state index >= 15 is 0 Å². The van der Waals surface area contributed by atoms with E-state index in [1.54, 1.807) is 0 Å². The predicted molar refractivity (Wildman–Crippen MR) is 56.8 cm³/mol. The second-order valence-electron chi connectivity index (χ2n) is 5.09. The van der Waals surface area contributed by atoms with Crippen molar-refractivity contribution in [2.75, 3.05) is 6.54 Å². The average Bonchev–Trinajstić information content (AvgIpc) is 2.17. The molecule has 1 saturated carbocycles. The molecule has 13 heavy (non-hydrogen) atoms. The number of fused-ring (bicyclic) bond motifs is 1. The third-order valence-corrected chi connectivity index (χ3v) is 3.95. The summed E-state index contributed by atoms with van der Waals surface area (Å²) in [5, 5.41) is 0. The summed E-state index contributed by atoms with van der Waals surface area (Å²) < 4.78 is 0. The van der Waals surface area contributed by atoms with Crippen LogP contribution in [0.3, 0.4) is 0 Å². The fourth-order valence-electron chi connectivity index (χ4n) is 3.30. The van der Waals surface area contributed by atoms with Gasteiger partial charge in [0.2, 0.25) is 0 Å². The van der Waals surface area contributed by atoms with Crippen molar-refractivity contribution in [3.05, 3.63) is 0 Å². The van der Waals surface area contributed by atoms with Gasteiger partial charge in [-0.05, 0) is 52.0 Å². The smallest absolute Gasteiger partial charge is 0.0126 e. The van der Waals surface area contributed by atoms with E-state index in [1.165, 1.54) is 45.1 Å². The normalized spacial score (nSPS) is 36.2. The van der Waals surface area contributed by atoms with Gasteiger partial charge in [-0.25, -0.2) is 0 Å². The Bertz CT molecular complexity index is 163. The first-order valence-electron chi connectivity index (χ1n) is 6.05. The van der Waals surface area contributed by atoms with Gasteiger partial charge in [0, 0.05) is 12.1 Å². The molecule has 0 unspecified atom stereocenters. The molecule has 1 heterocycles. The zero-order valence-electron chi connectivity index (χ0n) is 9.13. The van der Waals surface area contributed by atoms with E-state index < -0.39 is 0 Å². The zero-order valence-corrected chi connectivity index (χ0v) is 9.13. The van der Waals surface area contributed by atoms with Crippen molar-refractivity contribution in [3.63, 3.8) is 0 Å². The standard InChI is InChI=1S/C12H23N/c1-10(2)13-9-5-7-11-6-3-4-8-12(11)13/h10-12H,3-9H2,1-2H3/t11-,12-/m1/s1. The molecule has 1 saturated heterocycles. The lowest BCUT2D eigenvalue weighted by Crippen LogP contribution is -2.49. The number of nitrogens with zero attached hydrogens (tertiary/aromatic N) is 1. The van der Waals surface area contributed by atoms with Crippen LogP contribution in [0, 0.1) is 5.92 Å². The molecule has 0 aromatic heterocycles. The fourth-order valence-corrected chi connectivity index (χ4v) is 3.30. The van der Waals surface area contributed by atoms with E-state index in [9.17, 15) is 0 Å². The van der Waals surface area contributed by atoms with Gasteiger partial charge in [-0.1, -0.05) is 12.8 Å². The van der Waals surface area contributed by atoms with Crippen LogP contribution >= 0.6 is 0 Å². The molecule has 0 aromatic rings. The Morgan fingerprint density at radius 3 is 2.46 bits per heavy atom. The fraction of sp³-hybridized carbons (Fsp3) is 1.00. The van der Waals surface area contributed by atoms with Crippen molar-refractivity contribution >= 4 is 0 Å². The summed E-state index contributed by atoms with van der Waals surface area (Å²) in [6.45, 7) is 6.08. The quantitative estimate of drug-likeness (QED) is 0.601. The van der Waals surface area contributed by atoms with Gasteiger partial charge in [0.25, 0.3) is 0 Å². The second-order valence-corrected chi connectivity index (χ2v) is 5.09. The molecule has 76 valence electrons. The monoisotopic (exact) mass is 181 g/mol. The zero-order chi connectivity index (χ0) is 9.26. The van der Waals surface area contributed by atoms with Gasteiger partial charge < -0.3 is 0 Å². The van der Waals surface area contributed by atoms with Crippen LogP contribution in [0.2, 0.25) is 0 Å². The molecule has 0 bridgehead atoms. The molecule has 2 rings (SSSR count). The van der Waals surface area contributed by atoms with Crippen molar-refractivity contribution in [3.8, 4) is 0 Å². The van der Waals surface area contributed by atoms with Gasteiger partial charge in [0.1, 0.15) is 0 Å². The Morgan fingerprint density at radius 1 is 1.00 bits per heavy atom. The van der Waals surface area contributed by atoms with Gasteiger partial charge in [0.05, 0.1) is 0 Å². The van der Waals surface area contributed by atoms with Gasteiger partial charge >= 0.3 is 0 Å². The number of piperidine rings is 1. The minimum absolute atomic E-state index is 0.769. The van der Waals surface area contributed by atoms with Gasteiger partial charge in [-0.2, -0.15) is 0 Å². The summed E-state index contributed by atoms with van der Waals surface area (Å²) in [6.07, 6.45) is 8.90. The number of likely N-dealkylation sites (tertiary alicyclic amines) is 1. The maximum Gasteiger partial charge on any atom is 0.0126 e. The van der Waals surface area contributed by atoms with E-state index in [0.717, 1.165) is 18.0 Å². The molecular formula is C12H23N. The van der Waals surface area contributed by atoms with Gasteiger partial charge in [0.15, 0.2) is 0 Å². The minimum atomic E-state index is 0.769. The van der Waals surface area contributed by atoms with Crippen LogP contribution in [-0.2, 0) is 0 Å². The molecule has 1 heteroatoms. The van der Waals surface area contributed by atoms with Crippen LogP contribution in [0.4, 0.5) is 0 Å². The first-order chi connectivity index (χ1) is 6.29. The highest BCUT2D eigenvalue weighted by Gasteiger charge is 2.33. The van der Waals surface area contributed by atoms with Crippen LogP contribution in [0.5, 0.6) is 0 Å².